The summed E-state index contributed by atoms with van der Waals surface area (Å²) in [6.07, 6.45) is 5.77. The number of nitrogens with zero attached hydrogens (tertiary/aromatic N) is 3. The topological polar surface area (TPSA) is 137 Å². The molecule has 1 aliphatic heterocycles. The number of likely N-dealkylation sites (tertiary alicyclic amines) is 1. The van der Waals surface area contributed by atoms with Gasteiger partial charge in [0, 0.05) is 6.04 Å². The van der Waals surface area contributed by atoms with Gasteiger partial charge < -0.3 is 30.2 Å². The molecule has 2 aliphatic rings. The smallest absolute Gasteiger partial charge is 0.409 e. The summed E-state index contributed by atoms with van der Waals surface area (Å²) < 4.78 is 18.2. The largest absolute Gasteiger partial charge is 0.490 e. The molecule has 1 saturated carbocycles. The monoisotopic (exact) mass is 507 g/mol. The number of aromatic nitrogens is 2. The maximum Gasteiger partial charge on any atom is 0.409 e. The van der Waals surface area contributed by atoms with Crippen molar-refractivity contribution >= 4 is 23.4 Å². The second-order valence-electron chi connectivity index (χ2n) is 9.29. The van der Waals surface area contributed by atoms with E-state index in [1.54, 1.807) is 52.1 Å². The van der Waals surface area contributed by atoms with Crippen molar-refractivity contribution in [2.24, 2.45) is 5.73 Å². The summed E-state index contributed by atoms with van der Waals surface area (Å²) >= 11 is 0. The van der Waals surface area contributed by atoms with Gasteiger partial charge in [0.25, 0.3) is 11.8 Å². The van der Waals surface area contributed by atoms with Crippen molar-refractivity contribution in [3.63, 3.8) is 0 Å². The Balaban J connectivity index is 1.14. The van der Waals surface area contributed by atoms with Crippen LogP contribution < -0.4 is 20.5 Å². The van der Waals surface area contributed by atoms with Gasteiger partial charge in [-0.1, -0.05) is 12.1 Å². The molecule has 1 aromatic carbocycles. The van der Waals surface area contributed by atoms with E-state index in [1.807, 2.05) is 6.07 Å². The summed E-state index contributed by atoms with van der Waals surface area (Å²) in [6, 6.07) is 10.6. The van der Waals surface area contributed by atoms with Crippen LogP contribution in [0.25, 0.3) is 5.52 Å². The van der Waals surface area contributed by atoms with Crippen LogP contribution in [0.3, 0.4) is 0 Å². The molecule has 3 heterocycles. The number of carbonyl (C=O) groups excluding carboxylic acids is 3. The standard InChI is InChI=1S/C26H29N5O6/c1-35-26(34)30-13-19(14-30)36-18-10-11-22-21(12-28-31(22)15-18)25(33)29-16-6-8-17(9-7-16)37-23-5-3-2-4-20(23)24(27)32/h2-5,10-12,15-17,19H,6-9,13-14H2,1H3,(H2,27,32)(H,29,33). The number of nitrogens with two attached hydrogens (primary N) is 1. The molecule has 3 amide bonds. The number of pyridine rings is 1. The number of hydrogen-bond acceptors (Lipinski definition) is 7. The minimum absolute atomic E-state index is 0.0210. The molecule has 0 spiro atoms. The lowest BCUT2D eigenvalue weighted by Crippen LogP contribution is -2.56. The lowest BCUT2D eigenvalue weighted by molar-refractivity contribution is 0.0180. The Labute approximate surface area is 213 Å². The number of methoxy groups -OCH3 is 1. The maximum atomic E-state index is 13.0. The molecule has 11 heteroatoms. The van der Waals surface area contributed by atoms with Gasteiger partial charge in [-0.2, -0.15) is 5.10 Å². The maximum absolute atomic E-state index is 13.0. The highest BCUT2D eigenvalue weighted by Gasteiger charge is 2.33. The van der Waals surface area contributed by atoms with Gasteiger partial charge in [0.1, 0.15) is 17.6 Å². The zero-order valence-electron chi connectivity index (χ0n) is 20.5. The van der Waals surface area contributed by atoms with Crippen molar-refractivity contribution in [1.29, 1.82) is 0 Å². The van der Waals surface area contributed by atoms with E-state index in [2.05, 4.69) is 15.2 Å². The Kier molecular flexibility index (Phi) is 6.85. The predicted molar refractivity (Wildman–Crippen MR) is 133 cm³/mol. The van der Waals surface area contributed by atoms with Gasteiger partial charge in [-0.3, -0.25) is 9.59 Å². The molecule has 2 aromatic heterocycles. The van der Waals surface area contributed by atoms with E-state index in [1.165, 1.54) is 7.11 Å². The van der Waals surface area contributed by atoms with Crippen molar-refractivity contribution in [2.45, 2.75) is 43.9 Å². The molecule has 0 radical (unpaired) electrons. The number of ether oxygens (including phenoxy) is 3. The fourth-order valence-corrected chi connectivity index (χ4v) is 4.73. The molecule has 11 nitrogen and oxygen atoms in total. The lowest BCUT2D eigenvalue weighted by atomic mass is 9.92. The minimum Gasteiger partial charge on any atom is -0.490 e. The van der Waals surface area contributed by atoms with Crippen molar-refractivity contribution in [3.8, 4) is 11.5 Å². The third-order valence-corrected chi connectivity index (χ3v) is 6.77. The lowest BCUT2D eigenvalue weighted by Gasteiger charge is -2.37. The van der Waals surface area contributed by atoms with Crippen LogP contribution in [0.5, 0.6) is 11.5 Å². The fourth-order valence-electron chi connectivity index (χ4n) is 4.73. The third-order valence-electron chi connectivity index (χ3n) is 6.77. The highest BCUT2D eigenvalue weighted by Crippen LogP contribution is 2.27. The Bertz CT molecular complexity index is 1310. The first-order chi connectivity index (χ1) is 17.9. The van der Waals surface area contributed by atoms with Gasteiger partial charge in [0.05, 0.1) is 55.3 Å². The molecule has 37 heavy (non-hydrogen) atoms. The van der Waals surface area contributed by atoms with Crippen LogP contribution in [0.1, 0.15) is 46.4 Å². The number of para-hydroxylation sites is 1. The molecule has 3 aromatic rings. The van der Waals surface area contributed by atoms with Crippen LogP contribution in [0.4, 0.5) is 4.79 Å². The van der Waals surface area contributed by atoms with E-state index >= 15 is 0 Å². The Morgan fingerprint density at radius 1 is 0.973 bits per heavy atom. The molecule has 5 rings (SSSR count). The first-order valence-corrected chi connectivity index (χ1v) is 12.2. The predicted octanol–water partition coefficient (Wildman–Crippen LogP) is 2.38. The summed E-state index contributed by atoms with van der Waals surface area (Å²) in [6.45, 7) is 0.921. The van der Waals surface area contributed by atoms with Crippen LogP contribution in [-0.4, -0.2) is 70.9 Å². The van der Waals surface area contributed by atoms with Crippen LogP contribution >= 0.6 is 0 Å². The van der Waals surface area contributed by atoms with Crippen molar-refractivity contribution in [2.75, 3.05) is 20.2 Å². The van der Waals surface area contributed by atoms with Gasteiger partial charge in [0.2, 0.25) is 0 Å². The second kappa shape index (κ2) is 10.4. The average Bonchev–Trinajstić information content (AvgIpc) is 3.30. The number of nitrogens with one attached hydrogen (secondary N) is 1. The molecule has 1 aliphatic carbocycles. The van der Waals surface area contributed by atoms with Gasteiger partial charge in [-0.25, -0.2) is 9.31 Å². The van der Waals surface area contributed by atoms with E-state index < -0.39 is 5.91 Å². The van der Waals surface area contributed by atoms with Crippen molar-refractivity contribution in [3.05, 3.63) is 59.9 Å². The van der Waals surface area contributed by atoms with Crippen LogP contribution in [0.2, 0.25) is 0 Å². The molecule has 0 unspecified atom stereocenters. The molecular formula is C26H29N5O6. The van der Waals surface area contributed by atoms with Gasteiger partial charge >= 0.3 is 6.09 Å². The third kappa shape index (κ3) is 5.30. The summed E-state index contributed by atoms with van der Waals surface area (Å²) in [7, 11) is 1.35. The number of hydrogen-bond donors (Lipinski definition) is 2. The number of carbonyl (C=O) groups is 3. The molecular weight excluding hydrogens is 478 g/mol. The molecule has 194 valence electrons. The van der Waals surface area contributed by atoms with E-state index in [0.29, 0.717) is 41.2 Å². The summed E-state index contributed by atoms with van der Waals surface area (Å²) in [4.78, 5) is 37.7. The van der Waals surface area contributed by atoms with Crippen molar-refractivity contribution in [1.82, 2.24) is 19.8 Å². The summed E-state index contributed by atoms with van der Waals surface area (Å²) in [5, 5.41) is 7.43. The first kappa shape index (κ1) is 24.4. The molecule has 0 atom stereocenters. The quantitative estimate of drug-likeness (QED) is 0.501. The number of benzene rings is 1. The Morgan fingerprint density at radius 2 is 1.73 bits per heavy atom. The van der Waals surface area contributed by atoms with E-state index in [-0.39, 0.29) is 30.3 Å². The zero-order chi connectivity index (χ0) is 25.9. The first-order valence-electron chi connectivity index (χ1n) is 12.2. The molecule has 0 bridgehead atoms. The number of fused-ring (bicyclic) bond motifs is 1. The molecule has 3 N–H and O–H groups in total. The zero-order valence-corrected chi connectivity index (χ0v) is 20.5. The highest BCUT2D eigenvalue weighted by molar-refractivity contribution is 6.00. The average molecular weight is 508 g/mol. The number of primary amides is 1. The van der Waals surface area contributed by atoms with E-state index in [4.69, 9.17) is 15.2 Å². The van der Waals surface area contributed by atoms with Crippen LogP contribution in [0, 0.1) is 0 Å². The summed E-state index contributed by atoms with van der Waals surface area (Å²) in [5.41, 5.74) is 6.98. The SMILES string of the molecule is COC(=O)N1CC(Oc2ccc3c(C(=O)NC4CCC(Oc5ccccc5C(N)=O)CC4)cnn3c2)C1. The van der Waals surface area contributed by atoms with Crippen LogP contribution in [0.15, 0.2) is 48.8 Å². The van der Waals surface area contributed by atoms with E-state index in [9.17, 15) is 14.4 Å². The van der Waals surface area contributed by atoms with Gasteiger partial charge in [0.15, 0.2) is 0 Å². The van der Waals surface area contributed by atoms with E-state index in [0.717, 1.165) is 25.7 Å². The molecule has 1 saturated heterocycles. The number of amides is 3. The highest BCUT2D eigenvalue weighted by atomic mass is 16.5. The normalized spacial score (nSPS) is 19.6. The van der Waals surface area contributed by atoms with Crippen molar-refractivity contribution < 1.29 is 28.6 Å². The number of rotatable bonds is 7. The fraction of sp³-hybridized carbons (Fsp3) is 0.385. The Hall–Kier alpha value is -4.28. The molecule has 2 fully saturated rings. The Morgan fingerprint density at radius 3 is 2.46 bits per heavy atom. The van der Waals surface area contributed by atoms with Gasteiger partial charge in [-0.15, -0.1) is 0 Å². The minimum atomic E-state index is -0.517. The van der Waals surface area contributed by atoms with Gasteiger partial charge in [-0.05, 0) is 49.9 Å². The second-order valence-corrected chi connectivity index (χ2v) is 9.29. The van der Waals surface area contributed by atoms with Crippen LogP contribution in [-0.2, 0) is 4.74 Å². The summed E-state index contributed by atoms with van der Waals surface area (Å²) in [5.74, 6) is 0.403.